The second-order valence-corrected chi connectivity index (χ2v) is 7.44. The van der Waals surface area contributed by atoms with Crippen molar-refractivity contribution in [3.05, 3.63) is 71.8 Å². The third-order valence-corrected chi connectivity index (χ3v) is 5.23. The molecule has 2 N–H and O–H groups in total. The normalized spacial score (nSPS) is 11.1. The SMILES string of the molecule is CN(CCCCCc1cc(-c2ccc(F)cc2)n[nH]1)C(=O)c1n[nH]c2ccccc12. The fraction of sp³-hybridized carbons (Fsp3) is 0.261. The summed E-state index contributed by atoms with van der Waals surface area (Å²) in [5.41, 5.74) is 4.11. The first-order chi connectivity index (χ1) is 14.6. The number of fused-ring (bicyclic) bond motifs is 1. The van der Waals surface area contributed by atoms with E-state index in [0.29, 0.717) is 12.2 Å². The largest absolute Gasteiger partial charge is 0.340 e. The summed E-state index contributed by atoms with van der Waals surface area (Å²) >= 11 is 0. The van der Waals surface area contributed by atoms with Crippen LogP contribution in [0, 0.1) is 5.82 Å². The number of halogens is 1. The molecule has 0 bridgehead atoms. The molecule has 2 aromatic heterocycles. The van der Waals surface area contributed by atoms with Gasteiger partial charge in [0, 0.05) is 30.2 Å². The van der Waals surface area contributed by atoms with Gasteiger partial charge in [0.2, 0.25) is 0 Å². The number of rotatable bonds is 8. The van der Waals surface area contributed by atoms with E-state index < -0.39 is 0 Å². The quantitative estimate of drug-likeness (QED) is 0.421. The van der Waals surface area contributed by atoms with E-state index >= 15 is 0 Å². The zero-order valence-corrected chi connectivity index (χ0v) is 16.9. The smallest absolute Gasteiger partial charge is 0.274 e. The number of benzene rings is 2. The number of nitrogens with one attached hydrogen (secondary N) is 2. The fourth-order valence-corrected chi connectivity index (χ4v) is 3.51. The Bertz CT molecular complexity index is 1130. The molecule has 0 aliphatic carbocycles. The minimum Gasteiger partial charge on any atom is -0.340 e. The molecule has 6 nitrogen and oxygen atoms in total. The van der Waals surface area contributed by atoms with Gasteiger partial charge >= 0.3 is 0 Å². The van der Waals surface area contributed by atoms with E-state index in [1.54, 1.807) is 17.0 Å². The van der Waals surface area contributed by atoms with Gasteiger partial charge in [-0.25, -0.2) is 4.39 Å². The van der Waals surface area contributed by atoms with Crippen LogP contribution in [0.15, 0.2) is 54.6 Å². The summed E-state index contributed by atoms with van der Waals surface area (Å²) in [7, 11) is 1.82. The Morgan fingerprint density at radius 2 is 1.80 bits per heavy atom. The van der Waals surface area contributed by atoms with Gasteiger partial charge in [-0.05, 0) is 55.7 Å². The van der Waals surface area contributed by atoms with Gasteiger partial charge in [-0.3, -0.25) is 15.0 Å². The number of aromatic amines is 2. The monoisotopic (exact) mass is 405 g/mol. The van der Waals surface area contributed by atoms with Crippen LogP contribution in [-0.2, 0) is 6.42 Å². The highest BCUT2D eigenvalue weighted by Crippen LogP contribution is 2.19. The maximum atomic E-state index is 13.0. The van der Waals surface area contributed by atoms with Crippen LogP contribution in [0.5, 0.6) is 0 Å². The molecule has 0 spiro atoms. The van der Waals surface area contributed by atoms with Gasteiger partial charge in [0.15, 0.2) is 5.69 Å². The van der Waals surface area contributed by atoms with E-state index in [9.17, 15) is 9.18 Å². The Balaban J connectivity index is 1.22. The number of H-pyrrole nitrogens is 2. The zero-order chi connectivity index (χ0) is 20.9. The second kappa shape index (κ2) is 8.90. The minimum atomic E-state index is -0.251. The van der Waals surface area contributed by atoms with Crippen LogP contribution in [0.3, 0.4) is 0 Å². The van der Waals surface area contributed by atoms with Crippen molar-refractivity contribution in [2.75, 3.05) is 13.6 Å². The molecule has 7 heteroatoms. The molecule has 0 atom stereocenters. The van der Waals surface area contributed by atoms with Crippen molar-refractivity contribution in [2.24, 2.45) is 0 Å². The van der Waals surface area contributed by atoms with Crippen molar-refractivity contribution in [3.8, 4) is 11.3 Å². The maximum absolute atomic E-state index is 13.0. The van der Waals surface area contributed by atoms with Gasteiger partial charge in [0.1, 0.15) is 5.82 Å². The van der Waals surface area contributed by atoms with Gasteiger partial charge in [0.05, 0.1) is 11.2 Å². The van der Waals surface area contributed by atoms with Crippen LogP contribution in [-0.4, -0.2) is 44.8 Å². The molecule has 4 aromatic rings. The summed E-state index contributed by atoms with van der Waals surface area (Å²) < 4.78 is 13.0. The highest BCUT2D eigenvalue weighted by Gasteiger charge is 2.17. The number of nitrogens with zero attached hydrogens (tertiary/aromatic N) is 3. The Hall–Kier alpha value is -3.48. The number of para-hydroxylation sites is 1. The molecule has 2 aromatic carbocycles. The zero-order valence-electron chi connectivity index (χ0n) is 16.9. The third kappa shape index (κ3) is 4.40. The van der Waals surface area contributed by atoms with Crippen LogP contribution in [0.2, 0.25) is 0 Å². The molecule has 0 fully saturated rings. The third-order valence-electron chi connectivity index (χ3n) is 5.23. The van der Waals surface area contributed by atoms with Gasteiger partial charge in [-0.15, -0.1) is 0 Å². The molecule has 30 heavy (non-hydrogen) atoms. The number of hydrogen-bond acceptors (Lipinski definition) is 3. The number of aromatic nitrogens is 4. The van der Waals surface area contributed by atoms with E-state index in [4.69, 9.17) is 0 Å². The summed E-state index contributed by atoms with van der Waals surface area (Å²) in [4.78, 5) is 14.4. The summed E-state index contributed by atoms with van der Waals surface area (Å²) in [6.45, 7) is 0.684. The van der Waals surface area contributed by atoms with Crippen molar-refractivity contribution in [1.82, 2.24) is 25.3 Å². The molecule has 0 aliphatic heterocycles. The number of carbonyl (C=O) groups is 1. The van der Waals surface area contributed by atoms with E-state index in [1.807, 2.05) is 37.4 Å². The number of aryl methyl sites for hydroxylation is 1. The Kier molecular flexibility index (Phi) is 5.88. The van der Waals surface area contributed by atoms with Crippen LogP contribution >= 0.6 is 0 Å². The number of amides is 1. The number of unbranched alkanes of at least 4 members (excludes halogenated alkanes) is 2. The lowest BCUT2D eigenvalue weighted by Crippen LogP contribution is -2.28. The molecular formula is C23H24FN5O. The highest BCUT2D eigenvalue weighted by molar-refractivity contribution is 6.04. The summed E-state index contributed by atoms with van der Waals surface area (Å²) in [5, 5.41) is 15.3. The topological polar surface area (TPSA) is 77.7 Å². The van der Waals surface area contributed by atoms with Crippen LogP contribution in [0.1, 0.15) is 35.4 Å². The van der Waals surface area contributed by atoms with Gasteiger partial charge in [0.25, 0.3) is 5.91 Å². The highest BCUT2D eigenvalue weighted by atomic mass is 19.1. The number of hydrogen-bond donors (Lipinski definition) is 2. The average molecular weight is 405 g/mol. The van der Waals surface area contributed by atoms with E-state index in [0.717, 1.165) is 53.5 Å². The Morgan fingerprint density at radius 1 is 1.00 bits per heavy atom. The van der Waals surface area contributed by atoms with E-state index in [-0.39, 0.29) is 11.7 Å². The molecule has 2 heterocycles. The van der Waals surface area contributed by atoms with Crippen LogP contribution in [0.25, 0.3) is 22.2 Å². The standard InChI is InChI=1S/C23H24FN5O/c1-29(23(30)22-19-8-4-5-9-20(19)26-28-22)14-6-2-3-7-18-15-21(27-25-18)16-10-12-17(24)13-11-16/h4-5,8-13,15H,2-3,6-7,14H2,1H3,(H,25,27)(H,26,28). The molecule has 0 radical (unpaired) electrons. The second-order valence-electron chi connectivity index (χ2n) is 7.44. The van der Waals surface area contributed by atoms with Gasteiger partial charge < -0.3 is 4.90 Å². The molecule has 0 unspecified atom stereocenters. The van der Waals surface area contributed by atoms with Crippen molar-refractivity contribution >= 4 is 16.8 Å². The summed E-state index contributed by atoms with van der Waals surface area (Å²) in [5.74, 6) is -0.316. The lowest BCUT2D eigenvalue weighted by Gasteiger charge is -2.15. The van der Waals surface area contributed by atoms with Crippen molar-refractivity contribution in [2.45, 2.75) is 25.7 Å². The van der Waals surface area contributed by atoms with E-state index in [2.05, 4.69) is 20.4 Å². The Morgan fingerprint density at radius 3 is 2.63 bits per heavy atom. The summed E-state index contributed by atoms with van der Waals surface area (Å²) in [6, 6.07) is 16.0. The van der Waals surface area contributed by atoms with Gasteiger partial charge in [-0.2, -0.15) is 10.2 Å². The van der Waals surface area contributed by atoms with Crippen LogP contribution in [0.4, 0.5) is 4.39 Å². The average Bonchev–Trinajstić information content (AvgIpc) is 3.40. The van der Waals surface area contributed by atoms with Crippen molar-refractivity contribution in [3.63, 3.8) is 0 Å². The van der Waals surface area contributed by atoms with Gasteiger partial charge in [-0.1, -0.05) is 24.6 Å². The van der Waals surface area contributed by atoms with E-state index in [1.165, 1.54) is 12.1 Å². The first kappa shape index (κ1) is 19.8. The van der Waals surface area contributed by atoms with Crippen molar-refractivity contribution in [1.29, 1.82) is 0 Å². The minimum absolute atomic E-state index is 0.0649. The maximum Gasteiger partial charge on any atom is 0.274 e. The number of carbonyl (C=O) groups excluding carboxylic acids is 1. The summed E-state index contributed by atoms with van der Waals surface area (Å²) in [6.07, 6.45) is 3.81. The molecule has 154 valence electrons. The molecule has 1 amide bonds. The predicted octanol–water partition coefficient (Wildman–Crippen LogP) is 4.58. The Labute approximate surface area is 174 Å². The molecule has 0 saturated heterocycles. The van der Waals surface area contributed by atoms with Crippen molar-refractivity contribution < 1.29 is 9.18 Å². The molecule has 4 rings (SSSR count). The van der Waals surface area contributed by atoms with Crippen LogP contribution < -0.4 is 0 Å². The molecule has 0 saturated carbocycles. The lowest BCUT2D eigenvalue weighted by molar-refractivity contribution is 0.0788. The fourth-order valence-electron chi connectivity index (χ4n) is 3.51. The first-order valence-electron chi connectivity index (χ1n) is 10.1. The lowest BCUT2D eigenvalue weighted by atomic mass is 10.1. The first-order valence-corrected chi connectivity index (χ1v) is 10.1. The molecular weight excluding hydrogens is 381 g/mol. The molecule has 0 aliphatic rings. The predicted molar refractivity (Wildman–Crippen MR) is 115 cm³/mol.